The fourth-order valence-corrected chi connectivity index (χ4v) is 1.03. The lowest BCUT2D eigenvalue weighted by atomic mass is 9.93. The Bertz CT molecular complexity index is 91.3. The fourth-order valence-electron chi connectivity index (χ4n) is 1.03. The SMILES string of the molecule is CCC(C)(CCN)N(C)C. The Hall–Kier alpha value is -0.0800. The molecule has 1 atom stereocenters. The van der Waals surface area contributed by atoms with E-state index in [1.54, 1.807) is 0 Å². The second kappa shape index (κ2) is 3.94. The molecule has 0 aromatic carbocycles. The van der Waals surface area contributed by atoms with Crippen molar-refractivity contribution in [2.75, 3.05) is 20.6 Å². The van der Waals surface area contributed by atoms with Gasteiger partial charge in [-0.3, -0.25) is 0 Å². The number of rotatable bonds is 4. The van der Waals surface area contributed by atoms with E-state index < -0.39 is 0 Å². The third-order valence-electron chi connectivity index (χ3n) is 2.52. The summed E-state index contributed by atoms with van der Waals surface area (Å²) >= 11 is 0. The predicted octanol–water partition coefficient (Wildman–Crippen LogP) is 1.07. The van der Waals surface area contributed by atoms with Gasteiger partial charge in [0.15, 0.2) is 0 Å². The minimum Gasteiger partial charge on any atom is -0.330 e. The van der Waals surface area contributed by atoms with Crippen molar-refractivity contribution in [2.24, 2.45) is 5.73 Å². The summed E-state index contributed by atoms with van der Waals surface area (Å²) < 4.78 is 0. The fraction of sp³-hybridized carbons (Fsp3) is 1.00. The third-order valence-corrected chi connectivity index (χ3v) is 2.52. The van der Waals surface area contributed by atoms with Gasteiger partial charge in [-0.2, -0.15) is 0 Å². The zero-order valence-corrected chi connectivity index (χ0v) is 7.65. The van der Waals surface area contributed by atoms with E-state index >= 15 is 0 Å². The van der Waals surface area contributed by atoms with E-state index in [1.165, 1.54) is 0 Å². The van der Waals surface area contributed by atoms with Crippen molar-refractivity contribution < 1.29 is 0 Å². The maximum Gasteiger partial charge on any atom is 0.0184 e. The number of hydrogen-bond acceptors (Lipinski definition) is 2. The second-order valence-electron chi connectivity index (χ2n) is 3.28. The third kappa shape index (κ3) is 2.27. The van der Waals surface area contributed by atoms with Crippen molar-refractivity contribution in [3.8, 4) is 0 Å². The molecule has 0 aliphatic rings. The Morgan fingerprint density at radius 3 is 2.00 bits per heavy atom. The first-order valence-corrected chi connectivity index (χ1v) is 3.94. The number of hydrogen-bond donors (Lipinski definition) is 1. The van der Waals surface area contributed by atoms with Gasteiger partial charge >= 0.3 is 0 Å². The molecule has 0 radical (unpaired) electrons. The summed E-state index contributed by atoms with van der Waals surface area (Å²) in [6.07, 6.45) is 2.24. The highest BCUT2D eigenvalue weighted by atomic mass is 15.1. The minimum absolute atomic E-state index is 0.300. The molecule has 0 rings (SSSR count). The molecule has 0 bridgehead atoms. The van der Waals surface area contributed by atoms with Crippen LogP contribution in [0.25, 0.3) is 0 Å². The number of nitrogens with zero attached hydrogens (tertiary/aromatic N) is 1. The first-order chi connectivity index (χ1) is 4.56. The maximum absolute atomic E-state index is 5.50. The first-order valence-electron chi connectivity index (χ1n) is 3.94. The van der Waals surface area contributed by atoms with E-state index in [-0.39, 0.29) is 0 Å². The largest absolute Gasteiger partial charge is 0.330 e. The second-order valence-corrected chi connectivity index (χ2v) is 3.28. The van der Waals surface area contributed by atoms with E-state index in [1.807, 2.05) is 0 Å². The molecule has 0 heterocycles. The lowest BCUT2D eigenvalue weighted by molar-refractivity contribution is 0.157. The van der Waals surface area contributed by atoms with Crippen LogP contribution in [0.3, 0.4) is 0 Å². The van der Waals surface area contributed by atoms with Gasteiger partial charge in [-0.1, -0.05) is 6.92 Å². The van der Waals surface area contributed by atoms with Gasteiger partial charge < -0.3 is 10.6 Å². The molecule has 2 nitrogen and oxygen atoms in total. The standard InChI is InChI=1S/C8H20N2/c1-5-8(2,6-7-9)10(3)4/h5-7,9H2,1-4H3. The smallest absolute Gasteiger partial charge is 0.0184 e. The summed E-state index contributed by atoms with van der Waals surface area (Å²) in [4.78, 5) is 2.25. The maximum atomic E-state index is 5.50. The monoisotopic (exact) mass is 144 g/mol. The molecule has 0 saturated heterocycles. The molecule has 0 aromatic rings. The Labute approximate surface area is 64.4 Å². The molecule has 0 spiro atoms. The highest BCUT2D eigenvalue weighted by Crippen LogP contribution is 2.18. The van der Waals surface area contributed by atoms with Crippen molar-refractivity contribution >= 4 is 0 Å². The van der Waals surface area contributed by atoms with Gasteiger partial charge in [-0.15, -0.1) is 0 Å². The van der Waals surface area contributed by atoms with E-state index in [4.69, 9.17) is 5.73 Å². The summed E-state index contributed by atoms with van der Waals surface area (Å²) in [7, 11) is 4.22. The normalized spacial score (nSPS) is 17.4. The summed E-state index contributed by atoms with van der Waals surface area (Å²) in [5.41, 5.74) is 5.80. The Morgan fingerprint density at radius 1 is 1.40 bits per heavy atom. The Balaban J connectivity index is 3.94. The van der Waals surface area contributed by atoms with Crippen LogP contribution in [0.1, 0.15) is 26.7 Å². The molecule has 0 aromatic heterocycles. The Morgan fingerprint density at radius 2 is 1.90 bits per heavy atom. The zero-order chi connectivity index (χ0) is 8.20. The van der Waals surface area contributed by atoms with Crippen LogP contribution in [0.2, 0.25) is 0 Å². The van der Waals surface area contributed by atoms with Crippen LogP contribution in [-0.2, 0) is 0 Å². The molecule has 2 N–H and O–H groups in total. The van der Waals surface area contributed by atoms with Gasteiger partial charge in [-0.05, 0) is 40.4 Å². The zero-order valence-electron chi connectivity index (χ0n) is 7.65. The van der Waals surface area contributed by atoms with Gasteiger partial charge in [0.1, 0.15) is 0 Å². The van der Waals surface area contributed by atoms with E-state index in [9.17, 15) is 0 Å². The van der Waals surface area contributed by atoms with Crippen molar-refractivity contribution in [3.63, 3.8) is 0 Å². The number of nitrogens with two attached hydrogens (primary N) is 1. The van der Waals surface area contributed by atoms with Gasteiger partial charge in [0.2, 0.25) is 0 Å². The summed E-state index contributed by atoms with van der Waals surface area (Å²) in [5.74, 6) is 0. The molecule has 0 aliphatic carbocycles. The highest BCUT2D eigenvalue weighted by molar-refractivity contribution is 4.80. The molecule has 0 amide bonds. The molecule has 0 aliphatic heterocycles. The van der Waals surface area contributed by atoms with Crippen LogP contribution < -0.4 is 5.73 Å². The predicted molar refractivity (Wildman–Crippen MR) is 46.1 cm³/mol. The van der Waals surface area contributed by atoms with Crippen LogP contribution in [-0.4, -0.2) is 31.1 Å². The van der Waals surface area contributed by atoms with Crippen LogP contribution in [0.15, 0.2) is 0 Å². The van der Waals surface area contributed by atoms with Crippen molar-refractivity contribution in [3.05, 3.63) is 0 Å². The molecule has 0 fully saturated rings. The summed E-state index contributed by atoms with van der Waals surface area (Å²) in [6.45, 7) is 5.23. The van der Waals surface area contributed by atoms with E-state index in [0.717, 1.165) is 19.4 Å². The molecular weight excluding hydrogens is 124 g/mol. The van der Waals surface area contributed by atoms with Gasteiger partial charge in [-0.25, -0.2) is 0 Å². The van der Waals surface area contributed by atoms with Crippen molar-refractivity contribution in [1.29, 1.82) is 0 Å². The lowest BCUT2D eigenvalue weighted by Crippen LogP contribution is -2.42. The highest BCUT2D eigenvalue weighted by Gasteiger charge is 2.22. The molecule has 2 heteroatoms. The van der Waals surface area contributed by atoms with Gasteiger partial charge in [0.25, 0.3) is 0 Å². The first kappa shape index (κ1) is 9.92. The Kier molecular flexibility index (Phi) is 3.91. The molecule has 1 unspecified atom stereocenters. The van der Waals surface area contributed by atoms with Crippen LogP contribution in [0, 0.1) is 0 Å². The molecule has 62 valence electrons. The molecule has 0 saturated carbocycles. The molecular formula is C8H20N2. The summed E-state index contributed by atoms with van der Waals surface area (Å²) in [6, 6.07) is 0. The van der Waals surface area contributed by atoms with E-state index in [2.05, 4.69) is 32.8 Å². The van der Waals surface area contributed by atoms with Gasteiger partial charge in [0.05, 0.1) is 0 Å². The lowest BCUT2D eigenvalue weighted by Gasteiger charge is -2.35. The van der Waals surface area contributed by atoms with Crippen LogP contribution >= 0.6 is 0 Å². The van der Waals surface area contributed by atoms with Crippen molar-refractivity contribution in [2.45, 2.75) is 32.2 Å². The quantitative estimate of drug-likeness (QED) is 0.639. The van der Waals surface area contributed by atoms with Gasteiger partial charge in [0, 0.05) is 5.54 Å². The topological polar surface area (TPSA) is 29.3 Å². The molecule has 10 heavy (non-hydrogen) atoms. The average molecular weight is 144 g/mol. The minimum atomic E-state index is 0.300. The van der Waals surface area contributed by atoms with Crippen molar-refractivity contribution in [1.82, 2.24) is 4.90 Å². The van der Waals surface area contributed by atoms with E-state index in [0.29, 0.717) is 5.54 Å². The van der Waals surface area contributed by atoms with Crippen LogP contribution in [0.4, 0.5) is 0 Å². The average Bonchev–Trinajstić information content (AvgIpc) is 1.88. The van der Waals surface area contributed by atoms with Crippen LogP contribution in [0.5, 0.6) is 0 Å². The summed E-state index contributed by atoms with van der Waals surface area (Å²) in [5, 5.41) is 0.